The summed E-state index contributed by atoms with van der Waals surface area (Å²) in [4.78, 5) is 35.0. The van der Waals surface area contributed by atoms with Crippen LogP contribution in [0.3, 0.4) is 0 Å². The Labute approximate surface area is 188 Å². The number of hydrogen-bond donors (Lipinski definition) is 1. The van der Waals surface area contributed by atoms with E-state index in [2.05, 4.69) is 21.5 Å². The molecule has 8 nitrogen and oxygen atoms in total. The molecule has 0 saturated heterocycles. The quantitative estimate of drug-likeness (QED) is 0.482. The minimum atomic E-state index is -0.270. The molecule has 0 fully saturated rings. The molecule has 5 rings (SSSR count). The molecule has 32 heavy (non-hydrogen) atoms. The maximum atomic E-state index is 13.3. The van der Waals surface area contributed by atoms with E-state index in [1.54, 1.807) is 21.5 Å². The Morgan fingerprint density at radius 1 is 1.19 bits per heavy atom. The number of anilines is 1. The van der Waals surface area contributed by atoms with Gasteiger partial charge in [0, 0.05) is 17.9 Å². The van der Waals surface area contributed by atoms with Crippen molar-refractivity contribution < 1.29 is 4.79 Å². The van der Waals surface area contributed by atoms with Crippen LogP contribution in [0, 0.1) is 20.8 Å². The number of rotatable bonds is 4. The SMILES string of the molecule is Cc1ccc(-n2ncc3c(=O)n4c(nc32)SCC4CC(=O)Nc2cccc(C)n2)c(C)c1. The number of carbonyl (C=O) groups excluding carboxylic acids is 1. The van der Waals surface area contributed by atoms with Crippen molar-refractivity contribution in [1.82, 2.24) is 24.3 Å². The molecule has 4 heterocycles. The minimum absolute atomic E-state index is 0.169. The Morgan fingerprint density at radius 3 is 2.81 bits per heavy atom. The third-order valence-electron chi connectivity index (χ3n) is 5.53. The van der Waals surface area contributed by atoms with E-state index in [0.29, 0.717) is 27.8 Å². The molecule has 1 unspecified atom stereocenters. The molecule has 1 aliphatic heterocycles. The van der Waals surface area contributed by atoms with Gasteiger partial charge in [0.05, 0.1) is 17.9 Å². The molecule has 1 aromatic carbocycles. The van der Waals surface area contributed by atoms with Crippen LogP contribution < -0.4 is 10.9 Å². The summed E-state index contributed by atoms with van der Waals surface area (Å²) in [6.45, 7) is 5.92. The second-order valence-corrected chi connectivity index (χ2v) is 9.02. The Balaban J connectivity index is 1.46. The summed E-state index contributed by atoms with van der Waals surface area (Å²) < 4.78 is 3.35. The van der Waals surface area contributed by atoms with Gasteiger partial charge in [0.25, 0.3) is 5.56 Å². The predicted molar refractivity (Wildman–Crippen MR) is 125 cm³/mol. The fourth-order valence-corrected chi connectivity index (χ4v) is 5.15. The first-order valence-corrected chi connectivity index (χ1v) is 11.3. The van der Waals surface area contributed by atoms with Crippen molar-refractivity contribution in [2.45, 2.75) is 38.4 Å². The summed E-state index contributed by atoms with van der Waals surface area (Å²) in [5, 5.41) is 8.33. The predicted octanol–water partition coefficient (Wildman–Crippen LogP) is 3.58. The fourth-order valence-electron chi connectivity index (χ4n) is 4.02. The second kappa shape index (κ2) is 7.90. The van der Waals surface area contributed by atoms with E-state index in [-0.39, 0.29) is 23.9 Å². The van der Waals surface area contributed by atoms with Gasteiger partial charge in [-0.2, -0.15) is 5.10 Å². The van der Waals surface area contributed by atoms with E-state index in [1.165, 1.54) is 11.8 Å². The molecule has 0 saturated carbocycles. The van der Waals surface area contributed by atoms with Crippen molar-refractivity contribution in [2.75, 3.05) is 11.1 Å². The van der Waals surface area contributed by atoms with E-state index in [0.717, 1.165) is 22.5 Å². The molecule has 4 aromatic rings. The zero-order chi connectivity index (χ0) is 22.4. The normalized spacial score (nSPS) is 15.2. The highest BCUT2D eigenvalue weighted by molar-refractivity contribution is 7.99. The first kappa shape index (κ1) is 20.4. The zero-order valence-corrected chi connectivity index (χ0v) is 18.8. The van der Waals surface area contributed by atoms with E-state index in [4.69, 9.17) is 4.98 Å². The van der Waals surface area contributed by atoms with Gasteiger partial charge >= 0.3 is 0 Å². The fraction of sp³-hybridized carbons (Fsp3) is 0.261. The maximum Gasteiger partial charge on any atom is 0.265 e. The number of benzene rings is 1. The highest BCUT2D eigenvalue weighted by Crippen LogP contribution is 2.33. The number of amides is 1. The number of hydrogen-bond acceptors (Lipinski definition) is 6. The van der Waals surface area contributed by atoms with Crippen LogP contribution in [-0.2, 0) is 4.79 Å². The summed E-state index contributed by atoms with van der Waals surface area (Å²) in [5.41, 5.74) is 4.31. The molecule has 0 bridgehead atoms. The van der Waals surface area contributed by atoms with Gasteiger partial charge < -0.3 is 5.32 Å². The van der Waals surface area contributed by atoms with Crippen LogP contribution in [0.15, 0.2) is 52.5 Å². The summed E-state index contributed by atoms with van der Waals surface area (Å²) in [7, 11) is 0. The largest absolute Gasteiger partial charge is 0.311 e. The average Bonchev–Trinajstić information content (AvgIpc) is 3.33. The lowest BCUT2D eigenvalue weighted by molar-refractivity contribution is -0.116. The van der Waals surface area contributed by atoms with E-state index < -0.39 is 0 Å². The first-order chi connectivity index (χ1) is 15.4. The molecule has 1 atom stereocenters. The molecule has 0 aliphatic carbocycles. The monoisotopic (exact) mass is 446 g/mol. The third-order valence-corrected chi connectivity index (χ3v) is 6.63. The summed E-state index contributed by atoms with van der Waals surface area (Å²) in [5.74, 6) is 0.941. The second-order valence-electron chi connectivity index (χ2n) is 8.03. The number of fused-ring (bicyclic) bond motifs is 2. The lowest BCUT2D eigenvalue weighted by atomic mass is 10.1. The van der Waals surface area contributed by atoms with E-state index >= 15 is 0 Å². The van der Waals surface area contributed by atoms with Crippen LogP contribution in [0.1, 0.15) is 29.3 Å². The zero-order valence-electron chi connectivity index (χ0n) is 18.0. The van der Waals surface area contributed by atoms with Gasteiger partial charge in [-0.25, -0.2) is 14.6 Å². The molecule has 162 valence electrons. The molecule has 9 heteroatoms. The van der Waals surface area contributed by atoms with Crippen molar-refractivity contribution in [2.24, 2.45) is 0 Å². The number of nitrogens with zero attached hydrogens (tertiary/aromatic N) is 5. The molecule has 0 spiro atoms. The summed E-state index contributed by atoms with van der Waals surface area (Å²) in [6.07, 6.45) is 1.74. The Morgan fingerprint density at radius 2 is 2.03 bits per heavy atom. The maximum absolute atomic E-state index is 13.3. The number of thioether (sulfide) groups is 1. The first-order valence-electron chi connectivity index (χ1n) is 10.3. The number of aryl methyl sites for hydroxylation is 3. The lowest BCUT2D eigenvalue weighted by Crippen LogP contribution is -2.28. The smallest absolute Gasteiger partial charge is 0.265 e. The van der Waals surface area contributed by atoms with Crippen LogP contribution in [-0.4, -0.2) is 36.0 Å². The van der Waals surface area contributed by atoms with Gasteiger partial charge in [-0.3, -0.25) is 14.2 Å². The summed E-state index contributed by atoms with van der Waals surface area (Å²) >= 11 is 1.48. The number of nitrogens with one attached hydrogen (secondary N) is 1. The van der Waals surface area contributed by atoms with Gasteiger partial charge in [-0.15, -0.1) is 0 Å². The molecule has 1 aliphatic rings. The third kappa shape index (κ3) is 3.58. The summed E-state index contributed by atoms with van der Waals surface area (Å²) in [6, 6.07) is 11.3. The topological polar surface area (TPSA) is 94.7 Å². The van der Waals surface area contributed by atoms with Crippen molar-refractivity contribution >= 4 is 34.5 Å². The highest BCUT2D eigenvalue weighted by atomic mass is 32.2. The van der Waals surface area contributed by atoms with Gasteiger partial charge in [0.15, 0.2) is 10.8 Å². The number of pyridine rings is 1. The minimum Gasteiger partial charge on any atom is -0.311 e. The van der Waals surface area contributed by atoms with Crippen LogP contribution in [0.2, 0.25) is 0 Å². The lowest BCUT2D eigenvalue weighted by Gasteiger charge is -2.13. The van der Waals surface area contributed by atoms with Gasteiger partial charge in [-0.1, -0.05) is 35.5 Å². The Hall–Kier alpha value is -3.46. The molecule has 0 radical (unpaired) electrons. The van der Waals surface area contributed by atoms with Gasteiger partial charge in [0.1, 0.15) is 11.2 Å². The molecular weight excluding hydrogens is 424 g/mol. The Kier molecular flexibility index (Phi) is 5.05. The highest BCUT2D eigenvalue weighted by Gasteiger charge is 2.29. The van der Waals surface area contributed by atoms with E-state index in [1.807, 2.05) is 45.0 Å². The molecular formula is C23H22N6O2S. The number of aromatic nitrogens is 5. The number of carbonyl (C=O) groups is 1. The molecule has 1 N–H and O–H groups in total. The Bertz CT molecular complexity index is 1420. The van der Waals surface area contributed by atoms with Crippen molar-refractivity contribution in [3.05, 3.63) is 69.8 Å². The molecule has 3 aromatic heterocycles. The van der Waals surface area contributed by atoms with Crippen LogP contribution in [0.5, 0.6) is 0 Å². The van der Waals surface area contributed by atoms with Crippen LogP contribution in [0.25, 0.3) is 16.7 Å². The van der Waals surface area contributed by atoms with Crippen LogP contribution in [0.4, 0.5) is 5.82 Å². The van der Waals surface area contributed by atoms with Gasteiger partial charge in [0.2, 0.25) is 5.91 Å². The standard InChI is InChI=1S/C23H22N6O2S/c1-13-7-8-18(14(2)9-13)29-21-17(11-24-29)22(31)28-16(12-32-23(28)27-21)10-20(30)26-19-6-4-5-15(3)25-19/h4-9,11,16H,10,12H2,1-3H3,(H,25,26,30). The van der Waals surface area contributed by atoms with Gasteiger partial charge in [-0.05, 0) is 44.5 Å². The van der Waals surface area contributed by atoms with Crippen LogP contribution >= 0.6 is 11.8 Å². The average molecular weight is 447 g/mol. The van der Waals surface area contributed by atoms with Crippen molar-refractivity contribution in [3.8, 4) is 5.69 Å². The van der Waals surface area contributed by atoms with Crippen molar-refractivity contribution in [1.29, 1.82) is 0 Å². The molecule has 1 amide bonds. The van der Waals surface area contributed by atoms with E-state index in [9.17, 15) is 9.59 Å². The van der Waals surface area contributed by atoms with Crippen molar-refractivity contribution in [3.63, 3.8) is 0 Å².